The molecule has 2 rings (SSSR count). The van der Waals surface area contributed by atoms with E-state index in [1.165, 1.54) is 64.2 Å². The average molecular weight is 474 g/mol. The van der Waals surface area contributed by atoms with Gasteiger partial charge in [0.25, 0.3) is 0 Å². The number of aliphatic hydroxyl groups is 2. The number of ether oxygens (including phenoxy) is 1. The van der Waals surface area contributed by atoms with Crippen molar-refractivity contribution in [2.75, 3.05) is 6.61 Å². The van der Waals surface area contributed by atoms with Crippen LogP contribution >= 0.6 is 0 Å². The number of hydrogen-bond acceptors (Lipinski definition) is 6. The van der Waals surface area contributed by atoms with E-state index in [-0.39, 0.29) is 23.6 Å². The number of esters is 1. The molecule has 0 fully saturated rings. The minimum Gasteiger partial charge on any atom is -0.508 e. The Morgan fingerprint density at radius 2 is 1.44 bits per heavy atom. The molecule has 190 valence electrons. The van der Waals surface area contributed by atoms with E-state index in [1.807, 2.05) is 6.07 Å². The molecule has 0 bridgehead atoms. The first-order valence-corrected chi connectivity index (χ1v) is 13.1. The molecule has 6 nitrogen and oxygen atoms in total. The Balaban J connectivity index is 1.78. The Morgan fingerprint density at radius 3 is 1.97 bits per heavy atom. The lowest BCUT2D eigenvalue weighted by Gasteiger charge is -2.08. The second-order valence-corrected chi connectivity index (χ2v) is 9.22. The summed E-state index contributed by atoms with van der Waals surface area (Å²) in [5, 5.41) is 29.8. The van der Waals surface area contributed by atoms with Crippen LogP contribution in [0.15, 0.2) is 40.6 Å². The van der Waals surface area contributed by atoms with E-state index >= 15 is 0 Å². The molecule has 1 aromatic carbocycles. The van der Waals surface area contributed by atoms with Crippen molar-refractivity contribution in [2.24, 2.45) is 4.99 Å². The van der Waals surface area contributed by atoms with Gasteiger partial charge >= 0.3 is 5.97 Å². The molecule has 1 heterocycles. The molecule has 0 spiro atoms. The van der Waals surface area contributed by atoms with Crippen LogP contribution in [-0.2, 0) is 16.1 Å². The van der Waals surface area contributed by atoms with Crippen molar-refractivity contribution in [3.05, 3.63) is 41.2 Å². The number of unbranched alkanes of at least 4 members (excludes halogenated alkanes) is 12. The number of phenolic OH excluding ortho intramolecular Hbond substituents is 1. The fourth-order valence-electron chi connectivity index (χ4n) is 4.32. The highest BCUT2D eigenvalue weighted by molar-refractivity contribution is 6.21. The second kappa shape index (κ2) is 16.3. The minimum absolute atomic E-state index is 0.0633. The van der Waals surface area contributed by atoms with E-state index in [4.69, 9.17) is 4.74 Å². The standard InChI is InChI=1S/C28H43NO5/c1-2-3-4-5-6-7-8-9-10-11-12-13-14-18-23(26-27(32)25(21-30)34-28(26)33)29-20-22-17-15-16-19-24(22)31/h15-17,19,25,30-32H,2-14,18,20-21H2,1H3. The Bertz CT molecular complexity index is 802. The maximum atomic E-state index is 12.3. The highest BCUT2D eigenvalue weighted by Gasteiger charge is 2.36. The molecule has 0 aliphatic carbocycles. The summed E-state index contributed by atoms with van der Waals surface area (Å²) in [5.74, 6) is -0.757. The van der Waals surface area contributed by atoms with Crippen molar-refractivity contribution in [1.29, 1.82) is 0 Å². The fourth-order valence-corrected chi connectivity index (χ4v) is 4.32. The third-order valence-electron chi connectivity index (χ3n) is 6.42. The predicted molar refractivity (Wildman–Crippen MR) is 136 cm³/mol. The van der Waals surface area contributed by atoms with Crippen molar-refractivity contribution in [1.82, 2.24) is 0 Å². The van der Waals surface area contributed by atoms with Crippen LogP contribution < -0.4 is 0 Å². The van der Waals surface area contributed by atoms with Crippen LogP contribution in [-0.4, -0.2) is 39.7 Å². The van der Waals surface area contributed by atoms with Gasteiger partial charge in [-0.05, 0) is 18.9 Å². The summed E-state index contributed by atoms with van der Waals surface area (Å²) in [7, 11) is 0. The number of hydrogen-bond donors (Lipinski definition) is 3. The highest BCUT2D eigenvalue weighted by Crippen LogP contribution is 2.25. The molecule has 0 aromatic heterocycles. The maximum Gasteiger partial charge on any atom is 0.344 e. The number of carbonyl (C=O) groups is 1. The zero-order valence-electron chi connectivity index (χ0n) is 20.8. The molecule has 34 heavy (non-hydrogen) atoms. The molecule has 6 heteroatoms. The lowest BCUT2D eigenvalue weighted by Crippen LogP contribution is -2.15. The maximum absolute atomic E-state index is 12.3. The van der Waals surface area contributed by atoms with Gasteiger partial charge in [-0.3, -0.25) is 4.99 Å². The van der Waals surface area contributed by atoms with Crippen LogP contribution in [0.5, 0.6) is 5.75 Å². The number of nitrogens with zero attached hydrogens (tertiary/aromatic N) is 1. The molecule has 0 radical (unpaired) electrons. The van der Waals surface area contributed by atoms with Gasteiger partial charge in [0.2, 0.25) is 0 Å². The lowest BCUT2D eigenvalue weighted by atomic mass is 10.0. The van der Waals surface area contributed by atoms with Gasteiger partial charge in [-0.2, -0.15) is 0 Å². The zero-order valence-corrected chi connectivity index (χ0v) is 20.8. The summed E-state index contributed by atoms with van der Waals surface area (Å²) >= 11 is 0. The number of benzene rings is 1. The number of carbonyl (C=O) groups excluding carboxylic acids is 1. The van der Waals surface area contributed by atoms with Crippen molar-refractivity contribution >= 4 is 11.7 Å². The quantitative estimate of drug-likeness (QED) is 0.128. The minimum atomic E-state index is -1.02. The predicted octanol–water partition coefficient (Wildman–Crippen LogP) is 6.54. The van der Waals surface area contributed by atoms with Crippen LogP contribution in [0.4, 0.5) is 0 Å². The summed E-state index contributed by atoms with van der Waals surface area (Å²) in [6.07, 6.45) is 15.8. The van der Waals surface area contributed by atoms with E-state index in [1.54, 1.807) is 18.2 Å². The molecule has 0 amide bonds. The third-order valence-corrected chi connectivity index (χ3v) is 6.42. The van der Waals surface area contributed by atoms with Crippen molar-refractivity contribution in [2.45, 2.75) is 109 Å². The number of aromatic hydroxyl groups is 1. The van der Waals surface area contributed by atoms with Gasteiger partial charge in [0.05, 0.1) is 18.9 Å². The molecule has 0 saturated carbocycles. The van der Waals surface area contributed by atoms with Crippen molar-refractivity contribution in [3.8, 4) is 5.75 Å². The van der Waals surface area contributed by atoms with E-state index in [2.05, 4.69) is 11.9 Å². The van der Waals surface area contributed by atoms with Crippen LogP contribution in [0.25, 0.3) is 0 Å². The number of cyclic esters (lactones) is 1. The number of aliphatic hydroxyl groups excluding tert-OH is 2. The monoisotopic (exact) mass is 473 g/mol. The summed E-state index contributed by atoms with van der Waals surface area (Å²) < 4.78 is 5.07. The number of phenols is 1. The fraction of sp³-hybridized carbons (Fsp3) is 0.643. The summed E-state index contributed by atoms with van der Waals surface area (Å²) in [6.45, 7) is 1.99. The number of aliphatic imine (C=N–C) groups is 1. The van der Waals surface area contributed by atoms with Gasteiger partial charge in [0, 0.05) is 5.56 Å². The molecule has 3 N–H and O–H groups in total. The molecule has 1 aliphatic heterocycles. The van der Waals surface area contributed by atoms with Gasteiger partial charge in [0.1, 0.15) is 11.3 Å². The molecule has 1 aromatic rings. The van der Waals surface area contributed by atoms with Crippen LogP contribution in [0.3, 0.4) is 0 Å². The van der Waals surface area contributed by atoms with Gasteiger partial charge in [-0.15, -0.1) is 0 Å². The van der Waals surface area contributed by atoms with Gasteiger partial charge in [-0.25, -0.2) is 4.79 Å². The zero-order chi connectivity index (χ0) is 24.6. The molecule has 1 unspecified atom stereocenters. The van der Waals surface area contributed by atoms with Gasteiger partial charge in [-0.1, -0.05) is 102 Å². The molecular formula is C28H43NO5. The number of para-hydroxylation sites is 1. The second-order valence-electron chi connectivity index (χ2n) is 9.22. The largest absolute Gasteiger partial charge is 0.508 e. The van der Waals surface area contributed by atoms with Gasteiger partial charge < -0.3 is 20.1 Å². The molecular weight excluding hydrogens is 430 g/mol. The Labute approximate surface area is 204 Å². The summed E-state index contributed by atoms with van der Waals surface area (Å²) in [4.78, 5) is 16.9. The van der Waals surface area contributed by atoms with E-state index in [9.17, 15) is 20.1 Å². The Morgan fingerprint density at radius 1 is 0.882 bits per heavy atom. The van der Waals surface area contributed by atoms with Crippen LogP contribution in [0.1, 0.15) is 102 Å². The first kappa shape index (κ1) is 27.9. The van der Waals surface area contributed by atoms with Crippen LogP contribution in [0.2, 0.25) is 0 Å². The topological polar surface area (TPSA) is 99.4 Å². The van der Waals surface area contributed by atoms with E-state index < -0.39 is 18.7 Å². The smallest absolute Gasteiger partial charge is 0.344 e. The van der Waals surface area contributed by atoms with E-state index in [0.29, 0.717) is 17.7 Å². The molecule has 0 saturated heterocycles. The summed E-state index contributed by atoms with van der Waals surface area (Å²) in [6, 6.07) is 6.93. The Hall–Kier alpha value is -2.34. The van der Waals surface area contributed by atoms with Crippen molar-refractivity contribution in [3.63, 3.8) is 0 Å². The molecule has 1 aliphatic rings. The highest BCUT2D eigenvalue weighted by atomic mass is 16.6. The first-order valence-electron chi connectivity index (χ1n) is 13.1. The van der Waals surface area contributed by atoms with Gasteiger partial charge in [0.15, 0.2) is 11.9 Å². The Kier molecular flexibility index (Phi) is 13.4. The first-order chi connectivity index (χ1) is 16.6. The van der Waals surface area contributed by atoms with Crippen molar-refractivity contribution < 1.29 is 24.9 Å². The average Bonchev–Trinajstić information content (AvgIpc) is 3.13. The summed E-state index contributed by atoms with van der Waals surface area (Å²) in [5.41, 5.74) is 1.19. The number of rotatable bonds is 18. The molecule has 1 atom stereocenters. The van der Waals surface area contributed by atoms with E-state index in [0.717, 1.165) is 19.3 Å². The SMILES string of the molecule is CCCCCCCCCCCCCCCC(=NCc1ccccc1O)C1=C(O)C(CO)OC1=O. The normalized spacial score (nSPS) is 16.4. The lowest BCUT2D eigenvalue weighted by molar-refractivity contribution is -0.141. The third kappa shape index (κ3) is 9.49. The van der Waals surface area contributed by atoms with Crippen LogP contribution in [0, 0.1) is 0 Å².